The summed E-state index contributed by atoms with van der Waals surface area (Å²) in [4.78, 5) is 0. The van der Waals surface area contributed by atoms with Gasteiger partial charge in [0.15, 0.2) is 5.58 Å². The van der Waals surface area contributed by atoms with Crippen molar-refractivity contribution in [2.24, 2.45) is 0 Å². The van der Waals surface area contributed by atoms with E-state index in [9.17, 15) is 4.39 Å². The second-order valence-electron chi connectivity index (χ2n) is 2.64. The highest BCUT2D eigenvalue weighted by atomic mass is 79.9. The van der Waals surface area contributed by atoms with Gasteiger partial charge in [-0.15, -0.1) is 0 Å². The molecular weight excluding hydrogens is 223 g/mol. The summed E-state index contributed by atoms with van der Waals surface area (Å²) in [6.07, 6.45) is 0. The maximum absolute atomic E-state index is 13.0. The summed E-state index contributed by atoms with van der Waals surface area (Å²) in [5, 5.41) is 0.917. The molecule has 2 aromatic rings. The standard InChI is InChI=1S/C9H6BrFO/c1-5-4-6-2-3-7(11)8(10)9(6)12-5/h2-4H,1H3. The molecule has 1 aromatic heterocycles. The molecule has 1 nitrogen and oxygen atoms in total. The minimum Gasteiger partial charge on any atom is -0.460 e. The lowest BCUT2D eigenvalue weighted by molar-refractivity contribution is 0.567. The first-order valence-corrected chi connectivity index (χ1v) is 4.32. The number of aryl methyl sites for hydroxylation is 1. The third kappa shape index (κ3) is 1.05. The molecule has 0 saturated heterocycles. The zero-order valence-corrected chi connectivity index (χ0v) is 7.98. The quantitative estimate of drug-likeness (QED) is 0.672. The topological polar surface area (TPSA) is 13.1 Å². The van der Waals surface area contributed by atoms with Crippen LogP contribution in [0.25, 0.3) is 11.0 Å². The molecule has 0 aliphatic carbocycles. The molecule has 0 atom stereocenters. The monoisotopic (exact) mass is 228 g/mol. The first kappa shape index (κ1) is 7.80. The summed E-state index contributed by atoms with van der Waals surface area (Å²) in [7, 11) is 0. The SMILES string of the molecule is Cc1cc2ccc(F)c(Br)c2o1. The Bertz CT molecular complexity index is 433. The Morgan fingerprint density at radius 3 is 2.92 bits per heavy atom. The lowest BCUT2D eigenvalue weighted by atomic mass is 10.2. The molecule has 1 heterocycles. The minimum absolute atomic E-state index is 0.295. The molecule has 0 aliphatic heterocycles. The van der Waals surface area contributed by atoms with Crippen LogP contribution in [0.1, 0.15) is 5.76 Å². The second kappa shape index (κ2) is 2.59. The van der Waals surface area contributed by atoms with Crippen LogP contribution in [0.15, 0.2) is 27.1 Å². The smallest absolute Gasteiger partial charge is 0.151 e. The lowest BCUT2D eigenvalue weighted by Gasteiger charge is -1.93. The van der Waals surface area contributed by atoms with Gasteiger partial charge >= 0.3 is 0 Å². The number of hydrogen-bond acceptors (Lipinski definition) is 1. The fourth-order valence-electron chi connectivity index (χ4n) is 1.17. The molecule has 0 saturated carbocycles. The highest BCUT2D eigenvalue weighted by Crippen LogP contribution is 2.28. The van der Waals surface area contributed by atoms with Crippen LogP contribution in [0, 0.1) is 12.7 Å². The summed E-state index contributed by atoms with van der Waals surface area (Å²) in [6, 6.07) is 4.99. The van der Waals surface area contributed by atoms with Crippen LogP contribution in [0.3, 0.4) is 0 Å². The zero-order chi connectivity index (χ0) is 8.72. The summed E-state index contributed by atoms with van der Waals surface area (Å²) >= 11 is 3.13. The highest BCUT2D eigenvalue weighted by molar-refractivity contribution is 9.10. The van der Waals surface area contributed by atoms with Crippen molar-refractivity contribution in [3.63, 3.8) is 0 Å². The molecule has 2 rings (SSSR count). The third-order valence-electron chi connectivity index (χ3n) is 1.70. The van der Waals surface area contributed by atoms with Crippen LogP contribution >= 0.6 is 15.9 Å². The zero-order valence-electron chi connectivity index (χ0n) is 6.40. The Morgan fingerprint density at radius 1 is 1.42 bits per heavy atom. The Hall–Kier alpha value is -0.830. The van der Waals surface area contributed by atoms with E-state index >= 15 is 0 Å². The normalized spacial score (nSPS) is 10.9. The number of benzene rings is 1. The van der Waals surface area contributed by atoms with Crippen LogP contribution in [-0.2, 0) is 0 Å². The number of furan rings is 1. The summed E-state index contributed by atoms with van der Waals surface area (Å²) in [5.41, 5.74) is 0.576. The number of hydrogen-bond donors (Lipinski definition) is 0. The van der Waals surface area contributed by atoms with E-state index in [0.29, 0.717) is 10.1 Å². The average molecular weight is 229 g/mol. The van der Waals surface area contributed by atoms with Crippen LogP contribution in [-0.4, -0.2) is 0 Å². The van der Waals surface area contributed by atoms with E-state index in [-0.39, 0.29) is 5.82 Å². The predicted octanol–water partition coefficient (Wildman–Crippen LogP) is 3.64. The molecule has 0 N–H and O–H groups in total. The van der Waals surface area contributed by atoms with Gasteiger partial charge in [0.1, 0.15) is 11.6 Å². The Morgan fingerprint density at radius 2 is 2.17 bits per heavy atom. The van der Waals surface area contributed by atoms with Crippen molar-refractivity contribution >= 4 is 26.9 Å². The van der Waals surface area contributed by atoms with Gasteiger partial charge in [-0.05, 0) is 41.1 Å². The van der Waals surface area contributed by atoms with Gasteiger partial charge in [0.25, 0.3) is 0 Å². The van der Waals surface area contributed by atoms with E-state index in [2.05, 4.69) is 15.9 Å². The predicted molar refractivity (Wildman–Crippen MR) is 48.6 cm³/mol. The Balaban J connectivity index is 2.89. The van der Waals surface area contributed by atoms with Gasteiger partial charge in [-0.25, -0.2) is 4.39 Å². The highest BCUT2D eigenvalue weighted by Gasteiger charge is 2.08. The maximum Gasteiger partial charge on any atom is 0.151 e. The number of halogens is 2. The lowest BCUT2D eigenvalue weighted by Crippen LogP contribution is -1.75. The van der Waals surface area contributed by atoms with Crippen LogP contribution in [0.5, 0.6) is 0 Å². The van der Waals surface area contributed by atoms with Crippen molar-refractivity contribution in [1.82, 2.24) is 0 Å². The Kier molecular flexibility index (Phi) is 1.68. The van der Waals surface area contributed by atoms with E-state index in [1.807, 2.05) is 13.0 Å². The van der Waals surface area contributed by atoms with Crippen molar-refractivity contribution in [2.45, 2.75) is 6.92 Å². The first-order chi connectivity index (χ1) is 5.68. The van der Waals surface area contributed by atoms with Crippen molar-refractivity contribution in [1.29, 1.82) is 0 Å². The minimum atomic E-state index is -0.295. The van der Waals surface area contributed by atoms with Gasteiger partial charge in [0.05, 0.1) is 4.47 Å². The van der Waals surface area contributed by atoms with Gasteiger partial charge in [0.2, 0.25) is 0 Å². The van der Waals surface area contributed by atoms with Gasteiger partial charge in [-0.1, -0.05) is 0 Å². The first-order valence-electron chi connectivity index (χ1n) is 3.52. The molecule has 1 aromatic carbocycles. The van der Waals surface area contributed by atoms with E-state index < -0.39 is 0 Å². The second-order valence-corrected chi connectivity index (χ2v) is 3.43. The van der Waals surface area contributed by atoms with Gasteiger partial charge in [0, 0.05) is 5.39 Å². The van der Waals surface area contributed by atoms with Gasteiger partial charge < -0.3 is 4.42 Å². The molecule has 0 aliphatic rings. The van der Waals surface area contributed by atoms with Crippen molar-refractivity contribution in [3.8, 4) is 0 Å². The summed E-state index contributed by atoms with van der Waals surface area (Å²) < 4.78 is 18.6. The van der Waals surface area contributed by atoms with Gasteiger partial charge in [-0.3, -0.25) is 0 Å². The fraction of sp³-hybridized carbons (Fsp3) is 0.111. The molecule has 0 fully saturated rings. The number of fused-ring (bicyclic) bond motifs is 1. The van der Waals surface area contributed by atoms with E-state index in [1.165, 1.54) is 6.07 Å². The molecule has 62 valence electrons. The average Bonchev–Trinajstić information content (AvgIpc) is 2.39. The third-order valence-corrected chi connectivity index (χ3v) is 2.44. The molecule has 0 amide bonds. The van der Waals surface area contributed by atoms with Gasteiger partial charge in [-0.2, -0.15) is 0 Å². The molecule has 0 spiro atoms. The largest absolute Gasteiger partial charge is 0.460 e. The number of rotatable bonds is 0. The van der Waals surface area contributed by atoms with E-state index in [4.69, 9.17) is 4.42 Å². The van der Waals surface area contributed by atoms with E-state index in [0.717, 1.165) is 11.1 Å². The Labute approximate surface area is 77.3 Å². The maximum atomic E-state index is 13.0. The molecule has 0 radical (unpaired) electrons. The fourth-order valence-corrected chi connectivity index (χ4v) is 1.62. The van der Waals surface area contributed by atoms with E-state index in [1.54, 1.807) is 6.07 Å². The molecular formula is C9H6BrFO. The van der Waals surface area contributed by atoms with Crippen LogP contribution in [0.4, 0.5) is 4.39 Å². The van der Waals surface area contributed by atoms with Crippen molar-refractivity contribution < 1.29 is 8.81 Å². The molecule has 0 unspecified atom stereocenters. The van der Waals surface area contributed by atoms with Crippen molar-refractivity contribution in [3.05, 3.63) is 34.2 Å². The summed E-state index contributed by atoms with van der Waals surface area (Å²) in [6.45, 7) is 1.84. The molecule has 0 bridgehead atoms. The molecule has 12 heavy (non-hydrogen) atoms. The van der Waals surface area contributed by atoms with Crippen LogP contribution in [0.2, 0.25) is 0 Å². The van der Waals surface area contributed by atoms with Crippen molar-refractivity contribution in [2.75, 3.05) is 0 Å². The summed E-state index contributed by atoms with van der Waals surface area (Å²) in [5.74, 6) is 0.494. The van der Waals surface area contributed by atoms with Crippen LogP contribution < -0.4 is 0 Å². The molecule has 3 heteroatoms.